The molecule has 1 N–H and O–H groups in total. The van der Waals surface area contributed by atoms with Crippen LogP contribution in [0.3, 0.4) is 0 Å². The van der Waals surface area contributed by atoms with Crippen molar-refractivity contribution in [2.24, 2.45) is 0 Å². The minimum absolute atomic E-state index is 0.137. The number of amides is 1. The van der Waals surface area contributed by atoms with Gasteiger partial charge < -0.3 is 10.2 Å². The highest BCUT2D eigenvalue weighted by Crippen LogP contribution is 2.30. The molecule has 0 unspecified atom stereocenters. The molecule has 0 spiro atoms. The molecule has 0 saturated carbocycles. The van der Waals surface area contributed by atoms with Crippen molar-refractivity contribution < 1.29 is 4.79 Å². The zero-order valence-electron chi connectivity index (χ0n) is 15.0. The van der Waals surface area contributed by atoms with E-state index in [2.05, 4.69) is 15.3 Å². The summed E-state index contributed by atoms with van der Waals surface area (Å²) in [5, 5.41) is 3.86. The molecule has 0 atom stereocenters. The highest BCUT2D eigenvalue weighted by molar-refractivity contribution is 7.21. The fourth-order valence-corrected chi connectivity index (χ4v) is 3.66. The molecule has 1 amide bonds. The van der Waals surface area contributed by atoms with Gasteiger partial charge in [-0.15, -0.1) is 0 Å². The molecule has 0 saturated heterocycles. The summed E-state index contributed by atoms with van der Waals surface area (Å²) < 4.78 is 0. The molecule has 0 radical (unpaired) electrons. The number of fused-ring (bicyclic) bond motifs is 1. The van der Waals surface area contributed by atoms with Crippen LogP contribution < -0.4 is 10.2 Å². The summed E-state index contributed by atoms with van der Waals surface area (Å²) in [5.74, 6) is -0.137. The second-order valence-electron chi connectivity index (χ2n) is 6.33. The Balaban J connectivity index is 1.59. The van der Waals surface area contributed by atoms with E-state index < -0.39 is 0 Å². The van der Waals surface area contributed by atoms with Crippen LogP contribution in [0.25, 0.3) is 20.9 Å². The number of thiazole rings is 1. The molecule has 0 aliphatic heterocycles. The van der Waals surface area contributed by atoms with E-state index in [-0.39, 0.29) is 5.91 Å². The Morgan fingerprint density at radius 1 is 1.04 bits per heavy atom. The Labute approximate surface area is 161 Å². The second-order valence-corrected chi connectivity index (χ2v) is 7.30. The first-order chi connectivity index (χ1) is 13.1. The van der Waals surface area contributed by atoms with E-state index >= 15 is 0 Å². The molecule has 6 heteroatoms. The topological polar surface area (TPSA) is 58.1 Å². The van der Waals surface area contributed by atoms with Crippen molar-refractivity contribution in [1.29, 1.82) is 0 Å². The van der Waals surface area contributed by atoms with Gasteiger partial charge in [0.25, 0.3) is 5.91 Å². The van der Waals surface area contributed by atoms with Crippen LogP contribution in [0.4, 0.5) is 11.4 Å². The Kier molecular flexibility index (Phi) is 4.56. The van der Waals surface area contributed by atoms with E-state index in [0.717, 1.165) is 32.3 Å². The molecule has 4 rings (SSSR count). The van der Waals surface area contributed by atoms with E-state index in [1.165, 1.54) is 11.3 Å². The van der Waals surface area contributed by atoms with Gasteiger partial charge in [-0.1, -0.05) is 29.5 Å². The Bertz CT molecular complexity index is 1090. The van der Waals surface area contributed by atoms with Gasteiger partial charge in [0.05, 0.1) is 0 Å². The van der Waals surface area contributed by atoms with Crippen LogP contribution in [0.2, 0.25) is 0 Å². The molecule has 0 aliphatic carbocycles. The van der Waals surface area contributed by atoms with Gasteiger partial charge in [-0.2, -0.15) is 0 Å². The van der Waals surface area contributed by atoms with Crippen LogP contribution in [0, 0.1) is 0 Å². The number of carbonyl (C=O) groups is 1. The maximum absolute atomic E-state index is 12.6. The van der Waals surface area contributed by atoms with Gasteiger partial charge in [-0.3, -0.25) is 4.79 Å². The number of carbonyl (C=O) groups excluding carboxylic acids is 1. The Morgan fingerprint density at radius 2 is 1.89 bits per heavy atom. The minimum atomic E-state index is -0.137. The molecule has 0 bridgehead atoms. The van der Waals surface area contributed by atoms with Gasteiger partial charge in [0.2, 0.25) is 0 Å². The van der Waals surface area contributed by atoms with Gasteiger partial charge in [-0.05, 0) is 42.5 Å². The molecule has 0 fully saturated rings. The summed E-state index contributed by atoms with van der Waals surface area (Å²) in [5.41, 5.74) is 4.18. The summed E-state index contributed by atoms with van der Waals surface area (Å²) in [4.78, 5) is 24.5. The van der Waals surface area contributed by atoms with Gasteiger partial charge in [0.1, 0.15) is 15.4 Å². The number of hydrogen-bond acceptors (Lipinski definition) is 5. The van der Waals surface area contributed by atoms with E-state index in [1.807, 2.05) is 79.7 Å². The Hall–Kier alpha value is -3.25. The summed E-state index contributed by atoms with van der Waals surface area (Å²) >= 11 is 1.54. The molecule has 0 aliphatic rings. The second kappa shape index (κ2) is 7.17. The molecule has 2 heterocycles. The van der Waals surface area contributed by atoms with Crippen molar-refractivity contribution >= 4 is 39.0 Å². The first-order valence-corrected chi connectivity index (χ1v) is 9.32. The van der Waals surface area contributed by atoms with Gasteiger partial charge >= 0.3 is 0 Å². The predicted octanol–water partition coefficient (Wildman–Crippen LogP) is 4.68. The fourth-order valence-electron chi connectivity index (χ4n) is 2.75. The highest BCUT2D eigenvalue weighted by Gasteiger charge is 2.10. The van der Waals surface area contributed by atoms with Crippen molar-refractivity contribution in [1.82, 2.24) is 9.97 Å². The molecule has 27 heavy (non-hydrogen) atoms. The number of benzene rings is 2. The maximum Gasteiger partial charge on any atom is 0.255 e. The molecular weight excluding hydrogens is 356 g/mol. The number of nitrogens with one attached hydrogen (secondary N) is 1. The third-order valence-corrected chi connectivity index (χ3v) is 5.19. The lowest BCUT2D eigenvalue weighted by atomic mass is 10.1. The van der Waals surface area contributed by atoms with Crippen molar-refractivity contribution in [3.63, 3.8) is 0 Å². The van der Waals surface area contributed by atoms with Crippen LogP contribution in [-0.2, 0) is 0 Å². The zero-order chi connectivity index (χ0) is 18.8. The van der Waals surface area contributed by atoms with Crippen LogP contribution in [0.1, 0.15) is 10.4 Å². The smallest absolute Gasteiger partial charge is 0.255 e. The SMILES string of the molecule is CN(C)c1cccc(C(=O)Nc2cccc(-c3nc4cccnc4s3)c2)c1. The van der Waals surface area contributed by atoms with Gasteiger partial charge in [0.15, 0.2) is 0 Å². The van der Waals surface area contributed by atoms with Crippen molar-refractivity contribution in [2.45, 2.75) is 0 Å². The molecule has 134 valence electrons. The average Bonchev–Trinajstić information content (AvgIpc) is 3.12. The van der Waals surface area contributed by atoms with Crippen LogP contribution >= 0.6 is 11.3 Å². The van der Waals surface area contributed by atoms with Crippen molar-refractivity contribution in [2.75, 3.05) is 24.3 Å². The molecule has 2 aromatic heterocycles. The lowest BCUT2D eigenvalue weighted by Crippen LogP contribution is -2.14. The first kappa shape index (κ1) is 17.2. The van der Waals surface area contributed by atoms with E-state index in [0.29, 0.717) is 5.56 Å². The lowest BCUT2D eigenvalue weighted by molar-refractivity contribution is 0.102. The number of hydrogen-bond donors (Lipinski definition) is 1. The van der Waals surface area contributed by atoms with E-state index in [9.17, 15) is 4.79 Å². The highest BCUT2D eigenvalue weighted by atomic mass is 32.1. The minimum Gasteiger partial charge on any atom is -0.378 e. The number of nitrogens with zero attached hydrogens (tertiary/aromatic N) is 3. The largest absolute Gasteiger partial charge is 0.378 e. The zero-order valence-corrected chi connectivity index (χ0v) is 15.8. The van der Waals surface area contributed by atoms with Crippen molar-refractivity contribution in [3.8, 4) is 10.6 Å². The van der Waals surface area contributed by atoms with Crippen molar-refractivity contribution in [3.05, 3.63) is 72.4 Å². The normalized spacial score (nSPS) is 10.7. The van der Waals surface area contributed by atoms with Crippen LogP contribution in [0.5, 0.6) is 0 Å². The van der Waals surface area contributed by atoms with Crippen LogP contribution in [-0.4, -0.2) is 30.0 Å². The van der Waals surface area contributed by atoms with Gasteiger partial charge in [-0.25, -0.2) is 9.97 Å². The average molecular weight is 374 g/mol. The Morgan fingerprint density at radius 3 is 2.70 bits per heavy atom. The molecular formula is C21H18N4OS. The maximum atomic E-state index is 12.6. The monoisotopic (exact) mass is 374 g/mol. The fraction of sp³-hybridized carbons (Fsp3) is 0.0952. The third-order valence-electron chi connectivity index (χ3n) is 4.16. The van der Waals surface area contributed by atoms with Crippen LogP contribution in [0.15, 0.2) is 66.9 Å². The summed E-state index contributed by atoms with van der Waals surface area (Å²) in [7, 11) is 3.90. The van der Waals surface area contributed by atoms with E-state index in [1.54, 1.807) is 6.20 Å². The number of rotatable bonds is 4. The predicted molar refractivity (Wildman–Crippen MR) is 112 cm³/mol. The van der Waals surface area contributed by atoms with Gasteiger partial charge in [0, 0.05) is 42.8 Å². The number of aromatic nitrogens is 2. The molecule has 4 aromatic rings. The molecule has 2 aromatic carbocycles. The third kappa shape index (κ3) is 3.66. The first-order valence-electron chi connectivity index (χ1n) is 8.51. The standard InChI is InChI=1S/C21H18N4OS/c1-25(2)17-9-4-6-14(13-17)19(26)23-16-8-3-7-15(12-16)20-24-18-10-5-11-22-21(18)27-20/h3-13H,1-2H3,(H,23,26). The lowest BCUT2D eigenvalue weighted by Gasteiger charge is -2.13. The number of pyridine rings is 1. The summed E-state index contributed by atoms with van der Waals surface area (Å²) in [6, 6.07) is 19.1. The quantitative estimate of drug-likeness (QED) is 0.564. The van der Waals surface area contributed by atoms with E-state index in [4.69, 9.17) is 0 Å². The number of anilines is 2. The summed E-state index contributed by atoms with van der Waals surface area (Å²) in [6.45, 7) is 0. The summed E-state index contributed by atoms with van der Waals surface area (Å²) in [6.07, 6.45) is 1.77. The molecule has 5 nitrogen and oxygen atoms in total.